The summed E-state index contributed by atoms with van der Waals surface area (Å²) in [7, 11) is 0. The van der Waals surface area contributed by atoms with Gasteiger partial charge in [0.2, 0.25) is 5.95 Å². The lowest BCUT2D eigenvalue weighted by atomic mass is 9.51. The highest BCUT2D eigenvalue weighted by molar-refractivity contribution is 5.44. The lowest BCUT2D eigenvalue weighted by Gasteiger charge is -2.54. The van der Waals surface area contributed by atoms with Crippen LogP contribution in [0.5, 0.6) is 0 Å². The van der Waals surface area contributed by atoms with E-state index in [0.29, 0.717) is 0 Å². The molecule has 1 aromatic rings. The number of hydrogen-bond acceptors (Lipinski definition) is 4. The molecule has 25 heavy (non-hydrogen) atoms. The van der Waals surface area contributed by atoms with Gasteiger partial charge in [0.25, 0.3) is 0 Å². The molecule has 0 N–H and O–H groups in total. The van der Waals surface area contributed by atoms with E-state index >= 15 is 0 Å². The Balaban J connectivity index is 0.000000569. The lowest BCUT2D eigenvalue weighted by molar-refractivity contribution is -0.106. The van der Waals surface area contributed by atoms with E-state index in [0.717, 1.165) is 48.5 Å². The fraction of sp³-hybridized carbons (Fsp3) is 0.762. The van der Waals surface area contributed by atoms with Crippen LogP contribution >= 0.6 is 0 Å². The third kappa shape index (κ3) is 4.04. The van der Waals surface area contributed by atoms with Gasteiger partial charge in [-0.15, -0.1) is 0 Å². The van der Waals surface area contributed by atoms with Crippen LogP contribution in [-0.2, 0) is 4.79 Å². The number of aromatic nitrogens is 2. The molecule has 4 nitrogen and oxygen atoms in total. The molecule has 4 heteroatoms. The summed E-state index contributed by atoms with van der Waals surface area (Å²) in [6.07, 6.45) is 14.7. The molecule has 4 rings (SSSR count). The number of hydrogen-bond donors (Lipinski definition) is 0. The molecule has 0 bridgehead atoms. The second-order valence-electron chi connectivity index (χ2n) is 8.58. The minimum Gasteiger partial charge on any atom is -0.341 e. The van der Waals surface area contributed by atoms with Crippen molar-refractivity contribution in [2.24, 2.45) is 17.3 Å². The van der Waals surface area contributed by atoms with E-state index in [2.05, 4.69) is 41.1 Å². The zero-order valence-electron chi connectivity index (χ0n) is 16.1. The molecule has 138 valence electrons. The Morgan fingerprint density at radius 2 is 1.72 bits per heavy atom. The van der Waals surface area contributed by atoms with Crippen molar-refractivity contribution in [1.29, 1.82) is 0 Å². The molecule has 2 saturated carbocycles. The van der Waals surface area contributed by atoms with Gasteiger partial charge in [0.05, 0.1) is 0 Å². The largest absolute Gasteiger partial charge is 0.341 e. The molecular formula is C21H33N3O. The molecule has 0 unspecified atom stereocenters. The first-order valence-corrected chi connectivity index (χ1v) is 10.0. The summed E-state index contributed by atoms with van der Waals surface area (Å²) < 4.78 is 0. The number of piperidine rings is 1. The second kappa shape index (κ2) is 7.84. The van der Waals surface area contributed by atoms with Crippen LogP contribution < -0.4 is 4.90 Å². The first kappa shape index (κ1) is 18.3. The van der Waals surface area contributed by atoms with Gasteiger partial charge in [0, 0.05) is 25.5 Å². The van der Waals surface area contributed by atoms with Gasteiger partial charge < -0.3 is 9.69 Å². The van der Waals surface area contributed by atoms with E-state index < -0.39 is 0 Å². The maximum Gasteiger partial charge on any atom is 0.225 e. The van der Waals surface area contributed by atoms with Crippen LogP contribution in [0.4, 0.5) is 5.95 Å². The molecule has 0 amide bonds. The maximum absolute atomic E-state index is 8.81. The molecule has 3 aliphatic rings. The number of nitrogens with zero attached hydrogens (tertiary/aromatic N) is 3. The third-order valence-corrected chi connectivity index (χ3v) is 6.67. The van der Waals surface area contributed by atoms with Crippen LogP contribution in [0.25, 0.3) is 0 Å². The van der Waals surface area contributed by atoms with Gasteiger partial charge in [-0.05, 0) is 74.2 Å². The summed E-state index contributed by atoms with van der Waals surface area (Å²) in [5.41, 5.74) is 2.11. The molecule has 0 aromatic carbocycles. The van der Waals surface area contributed by atoms with Gasteiger partial charge in [0.1, 0.15) is 6.29 Å². The van der Waals surface area contributed by atoms with Gasteiger partial charge in [-0.1, -0.05) is 20.3 Å². The Hall–Kier alpha value is -1.45. The monoisotopic (exact) mass is 343 g/mol. The van der Waals surface area contributed by atoms with E-state index in [4.69, 9.17) is 4.79 Å². The minimum atomic E-state index is 0.737. The van der Waals surface area contributed by atoms with Crippen molar-refractivity contribution < 1.29 is 4.79 Å². The Kier molecular flexibility index (Phi) is 5.75. The van der Waals surface area contributed by atoms with E-state index in [1.165, 1.54) is 57.4 Å². The first-order valence-electron chi connectivity index (χ1n) is 10.0. The topological polar surface area (TPSA) is 46.1 Å². The van der Waals surface area contributed by atoms with E-state index in [1.807, 2.05) is 0 Å². The van der Waals surface area contributed by atoms with Crippen LogP contribution in [0, 0.1) is 17.3 Å². The van der Waals surface area contributed by atoms with E-state index in [-0.39, 0.29) is 0 Å². The molecular weight excluding hydrogens is 310 g/mol. The Morgan fingerprint density at radius 1 is 1.16 bits per heavy atom. The summed E-state index contributed by atoms with van der Waals surface area (Å²) in [4.78, 5) is 20.5. The zero-order valence-corrected chi connectivity index (χ0v) is 16.1. The summed E-state index contributed by atoms with van der Waals surface area (Å²) in [6, 6.07) is 0. The normalized spacial score (nSPS) is 22.8. The zero-order chi connectivity index (χ0) is 17.9. The summed E-state index contributed by atoms with van der Waals surface area (Å²) in [5, 5.41) is 0. The number of anilines is 1. The number of rotatable bonds is 3. The van der Waals surface area contributed by atoms with Crippen molar-refractivity contribution in [3.05, 3.63) is 18.0 Å². The van der Waals surface area contributed by atoms with Crippen molar-refractivity contribution in [2.75, 3.05) is 18.0 Å². The highest BCUT2D eigenvalue weighted by atomic mass is 16.1. The lowest BCUT2D eigenvalue weighted by Crippen LogP contribution is -2.41. The van der Waals surface area contributed by atoms with Crippen LogP contribution in [-0.4, -0.2) is 29.3 Å². The average molecular weight is 344 g/mol. The molecule has 2 heterocycles. The van der Waals surface area contributed by atoms with Crippen molar-refractivity contribution in [3.8, 4) is 0 Å². The Morgan fingerprint density at radius 3 is 2.16 bits per heavy atom. The van der Waals surface area contributed by atoms with Gasteiger partial charge in [0.15, 0.2) is 0 Å². The molecule has 0 atom stereocenters. The fourth-order valence-electron chi connectivity index (χ4n) is 4.78. The minimum absolute atomic E-state index is 0.737. The predicted molar refractivity (Wildman–Crippen MR) is 102 cm³/mol. The van der Waals surface area contributed by atoms with Crippen LogP contribution in [0.15, 0.2) is 12.4 Å². The summed E-state index contributed by atoms with van der Waals surface area (Å²) in [6.45, 7) is 8.38. The van der Waals surface area contributed by atoms with E-state index in [9.17, 15) is 0 Å². The maximum atomic E-state index is 8.81. The highest BCUT2D eigenvalue weighted by Crippen LogP contribution is 2.61. The molecule has 2 aliphatic carbocycles. The van der Waals surface area contributed by atoms with Crippen molar-refractivity contribution in [1.82, 2.24) is 9.97 Å². The molecule has 1 spiro atoms. The van der Waals surface area contributed by atoms with E-state index in [1.54, 1.807) is 0 Å². The predicted octanol–water partition coefficient (Wildman–Crippen LogP) is 4.60. The van der Waals surface area contributed by atoms with Crippen LogP contribution in [0.1, 0.15) is 77.2 Å². The fourth-order valence-corrected chi connectivity index (χ4v) is 4.78. The third-order valence-electron chi connectivity index (χ3n) is 6.67. The van der Waals surface area contributed by atoms with Crippen LogP contribution in [0.3, 0.4) is 0 Å². The van der Waals surface area contributed by atoms with Crippen molar-refractivity contribution in [3.63, 3.8) is 0 Å². The smallest absolute Gasteiger partial charge is 0.225 e. The van der Waals surface area contributed by atoms with Gasteiger partial charge >= 0.3 is 0 Å². The van der Waals surface area contributed by atoms with Gasteiger partial charge in [-0.2, -0.15) is 0 Å². The van der Waals surface area contributed by atoms with Gasteiger partial charge in [-0.25, -0.2) is 9.97 Å². The average Bonchev–Trinajstić information content (AvgIpc) is 2.54. The number of aldehydes is 1. The second-order valence-corrected chi connectivity index (χ2v) is 8.58. The van der Waals surface area contributed by atoms with Crippen molar-refractivity contribution in [2.45, 2.75) is 71.6 Å². The number of carbonyl (C=O) groups excluding carboxylic acids is 1. The molecule has 1 aromatic heterocycles. The molecule has 1 saturated heterocycles. The SMILES string of the molecule is CC(C)C1CCN(c2ncc(C3CC4(CCC4)C3)cn2)CC1.CC=O. The Bertz CT molecular complexity index is 549. The van der Waals surface area contributed by atoms with Gasteiger partial charge in [-0.3, -0.25) is 0 Å². The molecule has 0 radical (unpaired) electrons. The molecule has 1 aliphatic heterocycles. The highest BCUT2D eigenvalue weighted by Gasteiger charge is 2.48. The number of carbonyl (C=O) groups is 1. The Labute approximate surface area is 152 Å². The summed E-state index contributed by atoms with van der Waals surface area (Å²) in [5.74, 6) is 3.37. The van der Waals surface area contributed by atoms with Crippen molar-refractivity contribution >= 4 is 12.2 Å². The first-order chi connectivity index (χ1) is 12.1. The summed E-state index contributed by atoms with van der Waals surface area (Å²) >= 11 is 0. The van der Waals surface area contributed by atoms with Crippen LogP contribution in [0.2, 0.25) is 0 Å². The standard InChI is InChI=1S/C19H29N3.C2H4O/c1-14(2)15-4-8-22(9-5-15)18-20-12-17(13-21-18)16-10-19(11-16)6-3-7-19;1-2-3/h12-16H,3-11H2,1-2H3;2H,1H3. The quantitative estimate of drug-likeness (QED) is 0.752. The molecule has 3 fully saturated rings.